The van der Waals surface area contributed by atoms with Crippen molar-refractivity contribution in [2.24, 2.45) is 5.41 Å². The number of rotatable bonds is 6. The van der Waals surface area contributed by atoms with Crippen molar-refractivity contribution >= 4 is 22.4 Å². The summed E-state index contributed by atoms with van der Waals surface area (Å²) in [6, 6.07) is 0.166. The van der Waals surface area contributed by atoms with Crippen LogP contribution in [-0.2, 0) is 10.9 Å². The molecule has 17 heteroatoms. The fourth-order valence-corrected chi connectivity index (χ4v) is 6.22. The highest BCUT2D eigenvalue weighted by atomic mass is 19.4. The third kappa shape index (κ3) is 6.74. The average Bonchev–Trinajstić information content (AvgIpc) is 3.60. The molecule has 4 N–H and O–H groups in total. The second-order valence-corrected chi connectivity index (χ2v) is 12.6. The Morgan fingerprint density at radius 3 is 2.49 bits per heavy atom. The molecule has 266 valence electrons. The lowest BCUT2D eigenvalue weighted by Crippen LogP contribution is -2.43. The maximum absolute atomic E-state index is 16.7. The summed E-state index contributed by atoms with van der Waals surface area (Å²) < 4.78 is 121. The molecule has 3 aliphatic rings. The second-order valence-electron chi connectivity index (χ2n) is 12.6. The zero-order valence-electron chi connectivity index (χ0n) is 27.0. The minimum Gasteiger partial charge on any atom is -0.474 e. The molecule has 0 radical (unpaired) electrons. The van der Waals surface area contributed by atoms with E-state index >= 15 is 4.39 Å². The highest BCUT2D eigenvalue weighted by Crippen LogP contribution is 2.61. The Hall–Kier alpha value is -4.12. The highest BCUT2D eigenvalue weighted by Gasteiger charge is 2.72. The quantitative estimate of drug-likeness (QED) is 0.219. The molecule has 1 aliphatic carbocycles. The molecular formula is C32H36F7N7O3. The first-order valence-electron chi connectivity index (χ1n) is 15.8. The molecule has 0 bridgehead atoms. The summed E-state index contributed by atoms with van der Waals surface area (Å²) in [5.41, 5.74) is -0.312. The van der Waals surface area contributed by atoms with Gasteiger partial charge in [0.1, 0.15) is 34.8 Å². The Bertz CT molecular complexity index is 1780. The summed E-state index contributed by atoms with van der Waals surface area (Å²) in [5.74, 6) is -6.04. The van der Waals surface area contributed by atoms with Gasteiger partial charge in [0.2, 0.25) is 5.88 Å². The molecule has 49 heavy (non-hydrogen) atoms. The van der Waals surface area contributed by atoms with Gasteiger partial charge in [0.05, 0.1) is 42.5 Å². The van der Waals surface area contributed by atoms with Crippen LogP contribution in [0.1, 0.15) is 37.8 Å². The summed E-state index contributed by atoms with van der Waals surface area (Å²) in [5, 5.41) is 6.18. The molecule has 1 saturated carbocycles. The van der Waals surface area contributed by atoms with Gasteiger partial charge in [0, 0.05) is 50.3 Å². The molecule has 2 fully saturated rings. The molecule has 2 atom stereocenters. The minimum absolute atomic E-state index is 0.0161. The zero-order chi connectivity index (χ0) is 35.3. The van der Waals surface area contributed by atoms with E-state index in [2.05, 4.69) is 25.6 Å². The monoisotopic (exact) mass is 699 g/mol. The first kappa shape index (κ1) is 34.7. The molecule has 2 aromatic heterocycles. The van der Waals surface area contributed by atoms with Gasteiger partial charge < -0.3 is 30.6 Å². The fourth-order valence-electron chi connectivity index (χ4n) is 6.22. The van der Waals surface area contributed by atoms with Crippen LogP contribution in [0, 0.1) is 24.0 Å². The lowest BCUT2D eigenvalue weighted by Gasteiger charge is -2.30. The van der Waals surface area contributed by atoms with Crippen molar-refractivity contribution in [3.63, 3.8) is 0 Å². The number of nitrogens with one attached hydrogen (secondary N) is 2. The molecule has 1 aromatic carbocycles. The minimum atomic E-state index is -5.13. The number of nitrogens with two attached hydrogens (primary N) is 1. The SMILES string of the molecule is C/C=C1/CNc2nc(OC[C@]3(CN4CCOCC4)CC3(F)F)nc3c(F)c(-c4cc(N)c(F)c(C)c4C(F)(F)F)nc(c23)O[C@@H](C)CCN1. The molecule has 4 heterocycles. The molecule has 0 unspecified atom stereocenters. The largest absolute Gasteiger partial charge is 0.474 e. The van der Waals surface area contributed by atoms with Crippen LogP contribution in [0.15, 0.2) is 17.8 Å². The van der Waals surface area contributed by atoms with Gasteiger partial charge in [-0.1, -0.05) is 6.08 Å². The normalized spacial score (nSPS) is 23.7. The van der Waals surface area contributed by atoms with E-state index in [4.69, 9.17) is 19.9 Å². The van der Waals surface area contributed by atoms with Crippen molar-refractivity contribution in [2.45, 2.75) is 51.8 Å². The van der Waals surface area contributed by atoms with E-state index in [1.165, 1.54) is 0 Å². The van der Waals surface area contributed by atoms with Crippen molar-refractivity contribution < 1.29 is 44.9 Å². The number of nitrogens with zero attached hydrogens (tertiary/aromatic N) is 4. The van der Waals surface area contributed by atoms with Crippen LogP contribution in [0.3, 0.4) is 0 Å². The van der Waals surface area contributed by atoms with Gasteiger partial charge in [-0.3, -0.25) is 4.90 Å². The number of anilines is 2. The van der Waals surface area contributed by atoms with Crippen LogP contribution in [-0.4, -0.2) is 84.4 Å². The van der Waals surface area contributed by atoms with E-state index in [1.807, 2.05) is 4.90 Å². The first-order valence-corrected chi connectivity index (χ1v) is 15.8. The lowest BCUT2D eigenvalue weighted by molar-refractivity contribution is -0.137. The first-order chi connectivity index (χ1) is 23.1. The van der Waals surface area contributed by atoms with Crippen molar-refractivity contribution in [1.29, 1.82) is 0 Å². The lowest BCUT2D eigenvalue weighted by atomic mass is 9.96. The number of morpholine rings is 1. The van der Waals surface area contributed by atoms with Crippen LogP contribution in [0.2, 0.25) is 0 Å². The van der Waals surface area contributed by atoms with Crippen LogP contribution < -0.4 is 25.8 Å². The number of ether oxygens (including phenoxy) is 3. The summed E-state index contributed by atoms with van der Waals surface area (Å²) in [6.45, 7) is 6.21. The summed E-state index contributed by atoms with van der Waals surface area (Å²) >= 11 is 0. The fraction of sp³-hybridized carbons (Fsp3) is 0.531. The van der Waals surface area contributed by atoms with Crippen LogP contribution >= 0.6 is 0 Å². The van der Waals surface area contributed by atoms with Crippen LogP contribution in [0.4, 0.5) is 42.2 Å². The van der Waals surface area contributed by atoms with Gasteiger partial charge in [0.15, 0.2) is 5.82 Å². The Morgan fingerprint density at radius 1 is 1.12 bits per heavy atom. The number of hydrogen-bond donors (Lipinski definition) is 3. The Morgan fingerprint density at radius 2 is 1.84 bits per heavy atom. The average molecular weight is 700 g/mol. The van der Waals surface area contributed by atoms with Gasteiger partial charge in [-0.15, -0.1) is 0 Å². The van der Waals surface area contributed by atoms with Gasteiger partial charge in [-0.25, -0.2) is 22.5 Å². The Kier molecular flexibility index (Phi) is 9.19. The van der Waals surface area contributed by atoms with Crippen LogP contribution in [0.5, 0.6) is 11.9 Å². The number of alkyl halides is 5. The molecule has 1 saturated heterocycles. The van der Waals surface area contributed by atoms with Gasteiger partial charge in [-0.05, 0) is 32.4 Å². The molecule has 0 amide bonds. The standard InChI is InChI=1S/C32H36F7N7O3/c1-4-18-12-42-27-21-26(44-29(45-27)48-15-30(13-31(30,35)36)14-46-7-9-47-10-8-46)24(34)25(43-28(21)49-16(2)5-6-41-18)19-11-20(40)23(33)17(3)22(19)32(37,38)39/h4,11,16,41H,5-10,12-15,40H2,1-3H3,(H,42,44,45)/b18-4-/t16-,30+/m0/s1. The molecule has 3 aromatic rings. The van der Waals surface area contributed by atoms with Crippen molar-refractivity contribution in [2.75, 3.05) is 63.6 Å². The Balaban J connectivity index is 1.51. The van der Waals surface area contributed by atoms with E-state index in [9.17, 15) is 26.3 Å². The molecule has 0 spiro atoms. The Labute approximate surface area is 277 Å². The van der Waals surface area contributed by atoms with Crippen molar-refractivity contribution in [1.82, 2.24) is 25.2 Å². The third-order valence-electron chi connectivity index (χ3n) is 9.13. The summed E-state index contributed by atoms with van der Waals surface area (Å²) in [6.07, 6.45) is -3.94. The summed E-state index contributed by atoms with van der Waals surface area (Å²) in [7, 11) is 0. The third-order valence-corrected chi connectivity index (χ3v) is 9.13. The summed E-state index contributed by atoms with van der Waals surface area (Å²) in [4.78, 5) is 14.6. The zero-order valence-corrected chi connectivity index (χ0v) is 27.0. The number of hydrogen-bond acceptors (Lipinski definition) is 10. The van der Waals surface area contributed by atoms with Gasteiger partial charge in [-0.2, -0.15) is 23.1 Å². The predicted molar refractivity (Wildman–Crippen MR) is 167 cm³/mol. The number of allylic oxidation sites excluding steroid dienone is 1. The second kappa shape index (κ2) is 13.0. The van der Waals surface area contributed by atoms with E-state index in [0.29, 0.717) is 45.3 Å². The molecule has 2 aliphatic heterocycles. The van der Waals surface area contributed by atoms with Gasteiger partial charge >= 0.3 is 12.2 Å². The maximum Gasteiger partial charge on any atom is 0.417 e. The van der Waals surface area contributed by atoms with E-state index < -0.39 is 87.9 Å². The molecule has 10 nitrogen and oxygen atoms in total. The predicted octanol–water partition coefficient (Wildman–Crippen LogP) is 5.69. The maximum atomic E-state index is 16.7. The van der Waals surface area contributed by atoms with E-state index in [0.717, 1.165) is 12.6 Å². The van der Waals surface area contributed by atoms with Crippen LogP contribution in [0.25, 0.3) is 22.2 Å². The van der Waals surface area contributed by atoms with Gasteiger partial charge in [0.25, 0.3) is 5.92 Å². The molecule has 6 rings (SSSR count). The van der Waals surface area contributed by atoms with E-state index in [1.54, 1.807) is 19.9 Å². The number of pyridine rings is 1. The van der Waals surface area contributed by atoms with E-state index in [-0.39, 0.29) is 30.2 Å². The van der Waals surface area contributed by atoms with Crippen molar-refractivity contribution in [3.05, 3.63) is 40.6 Å². The topological polar surface area (TPSA) is 120 Å². The highest BCUT2D eigenvalue weighted by molar-refractivity contribution is 5.97. The number of benzene rings is 1. The molecular weight excluding hydrogens is 663 g/mol. The number of halogens is 7. The van der Waals surface area contributed by atoms with Crippen molar-refractivity contribution in [3.8, 4) is 23.1 Å². The number of aromatic nitrogens is 3. The number of nitrogen functional groups attached to an aromatic ring is 1. The smallest absolute Gasteiger partial charge is 0.417 e.